The molecule has 2 fully saturated rings. The third-order valence-electron chi connectivity index (χ3n) is 6.62. The fraction of sp³-hybridized carbons (Fsp3) is 0.667. The molecule has 1 aliphatic heterocycles. The minimum absolute atomic E-state index is 0.407. The Labute approximate surface area is 191 Å². The SMILES string of the molecule is COc1cc(CCC2CCN(Cn3nc(C(C)C)n(C4CC4)c3=S)CC2)cc(OC)c1. The maximum absolute atomic E-state index is 5.79. The lowest BCUT2D eigenvalue weighted by molar-refractivity contribution is 0.136. The standard InChI is InChI=1S/C24H36N4O2S/c1-17(2)23-25-27(24(31)28(23)20-7-8-20)16-26-11-9-18(10-12-26)5-6-19-13-21(29-3)15-22(14-19)30-4/h13-15,17-18,20H,5-12,16H2,1-4H3. The minimum atomic E-state index is 0.407. The van der Waals surface area contributed by atoms with E-state index in [9.17, 15) is 0 Å². The predicted octanol–water partition coefficient (Wildman–Crippen LogP) is 5.19. The van der Waals surface area contributed by atoms with E-state index in [-0.39, 0.29) is 0 Å². The fourth-order valence-corrected chi connectivity index (χ4v) is 4.93. The minimum Gasteiger partial charge on any atom is -0.497 e. The fourth-order valence-electron chi connectivity index (χ4n) is 4.59. The van der Waals surface area contributed by atoms with E-state index in [0.717, 1.165) is 54.2 Å². The molecule has 2 aliphatic rings. The molecule has 0 spiro atoms. The van der Waals surface area contributed by atoms with E-state index in [1.807, 2.05) is 6.07 Å². The number of aryl methyl sites for hydroxylation is 1. The van der Waals surface area contributed by atoms with E-state index in [1.54, 1.807) is 14.2 Å². The zero-order chi connectivity index (χ0) is 22.0. The highest BCUT2D eigenvalue weighted by molar-refractivity contribution is 7.71. The van der Waals surface area contributed by atoms with Crippen molar-refractivity contribution in [3.05, 3.63) is 34.4 Å². The second-order valence-electron chi connectivity index (χ2n) is 9.36. The van der Waals surface area contributed by atoms with Gasteiger partial charge in [0.1, 0.15) is 17.3 Å². The third kappa shape index (κ3) is 5.32. The van der Waals surface area contributed by atoms with Gasteiger partial charge in [0.05, 0.1) is 20.9 Å². The van der Waals surface area contributed by atoms with E-state index in [2.05, 4.69) is 40.1 Å². The molecule has 4 rings (SSSR count). The van der Waals surface area contributed by atoms with Gasteiger partial charge in [0, 0.05) is 31.1 Å². The normalized spacial score (nSPS) is 18.0. The summed E-state index contributed by atoms with van der Waals surface area (Å²) in [6.07, 6.45) is 7.21. The quantitative estimate of drug-likeness (QED) is 0.498. The lowest BCUT2D eigenvalue weighted by Crippen LogP contribution is -2.35. The molecule has 1 aromatic heterocycles. The Balaban J connectivity index is 1.31. The number of aromatic nitrogens is 3. The average Bonchev–Trinajstić information content (AvgIpc) is 3.56. The highest BCUT2D eigenvalue weighted by atomic mass is 32.1. The topological polar surface area (TPSA) is 44.5 Å². The van der Waals surface area contributed by atoms with Crippen molar-refractivity contribution in [3.63, 3.8) is 0 Å². The Morgan fingerprint density at radius 3 is 2.23 bits per heavy atom. The molecule has 0 N–H and O–H groups in total. The van der Waals surface area contributed by atoms with Gasteiger partial charge in [0.15, 0.2) is 4.77 Å². The number of rotatable bonds is 9. The number of likely N-dealkylation sites (tertiary alicyclic amines) is 1. The Morgan fingerprint density at radius 1 is 1.03 bits per heavy atom. The molecule has 170 valence electrons. The molecule has 1 saturated heterocycles. The number of benzene rings is 1. The van der Waals surface area contributed by atoms with Gasteiger partial charge in [-0.3, -0.25) is 4.90 Å². The molecule has 0 bridgehead atoms. The Morgan fingerprint density at radius 2 is 1.68 bits per heavy atom. The zero-order valence-corrected chi connectivity index (χ0v) is 20.2. The highest BCUT2D eigenvalue weighted by Crippen LogP contribution is 2.37. The molecule has 1 aliphatic carbocycles. The van der Waals surface area contributed by atoms with Gasteiger partial charge in [-0.25, -0.2) is 4.68 Å². The van der Waals surface area contributed by atoms with Gasteiger partial charge in [-0.2, -0.15) is 5.10 Å². The van der Waals surface area contributed by atoms with Crippen molar-refractivity contribution in [2.75, 3.05) is 27.3 Å². The summed E-state index contributed by atoms with van der Waals surface area (Å²) in [6.45, 7) is 7.47. The predicted molar refractivity (Wildman–Crippen MR) is 126 cm³/mol. The van der Waals surface area contributed by atoms with E-state index >= 15 is 0 Å². The molecular weight excluding hydrogens is 408 g/mol. The first-order valence-electron chi connectivity index (χ1n) is 11.6. The van der Waals surface area contributed by atoms with Crippen LogP contribution >= 0.6 is 12.2 Å². The second-order valence-corrected chi connectivity index (χ2v) is 9.72. The molecule has 7 heteroatoms. The van der Waals surface area contributed by atoms with Gasteiger partial charge in [0.2, 0.25) is 0 Å². The van der Waals surface area contributed by atoms with Crippen LogP contribution in [0.25, 0.3) is 0 Å². The van der Waals surface area contributed by atoms with Gasteiger partial charge >= 0.3 is 0 Å². The summed E-state index contributed by atoms with van der Waals surface area (Å²) in [5, 5.41) is 4.90. The van der Waals surface area contributed by atoms with Crippen molar-refractivity contribution in [1.82, 2.24) is 19.2 Å². The maximum Gasteiger partial charge on any atom is 0.199 e. The molecule has 6 nitrogen and oxygen atoms in total. The van der Waals surface area contributed by atoms with Crippen molar-refractivity contribution in [2.45, 2.75) is 71.0 Å². The first-order valence-corrected chi connectivity index (χ1v) is 12.0. The number of piperidine rings is 1. The molecule has 1 aromatic carbocycles. The van der Waals surface area contributed by atoms with Crippen LogP contribution in [0, 0.1) is 10.7 Å². The number of methoxy groups -OCH3 is 2. The first kappa shape index (κ1) is 22.3. The summed E-state index contributed by atoms with van der Waals surface area (Å²) < 4.78 is 16.1. The number of ether oxygens (including phenoxy) is 2. The summed E-state index contributed by atoms with van der Waals surface area (Å²) in [6, 6.07) is 6.77. The molecule has 2 aromatic rings. The van der Waals surface area contributed by atoms with Crippen LogP contribution in [-0.2, 0) is 13.1 Å². The number of hydrogen-bond acceptors (Lipinski definition) is 5. The molecule has 0 amide bonds. The van der Waals surface area contributed by atoms with Gasteiger partial charge < -0.3 is 14.0 Å². The van der Waals surface area contributed by atoms with Crippen molar-refractivity contribution in [2.24, 2.45) is 5.92 Å². The van der Waals surface area contributed by atoms with Crippen molar-refractivity contribution in [3.8, 4) is 11.5 Å². The smallest absolute Gasteiger partial charge is 0.199 e. The van der Waals surface area contributed by atoms with Crippen LogP contribution in [0.3, 0.4) is 0 Å². The molecule has 2 heterocycles. The zero-order valence-electron chi connectivity index (χ0n) is 19.3. The van der Waals surface area contributed by atoms with Crippen LogP contribution in [0.4, 0.5) is 0 Å². The van der Waals surface area contributed by atoms with Crippen molar-refractivity contribution < 1.29 is 9.47 Å². The highest BCUT2D eigenvalue weighted by Gasteiger charge is 2.30. The van der Waals surface area contributed by atoms with Crippen molar-refractivity contribution in [1.29, 1.82) is 0 Å². The van der Waals surface area contributed by atoms with Crippen LogP contribution in [-0.4, -0.2) is 46.6 Å². The van der Waals surface area contributed by atoms with Crippen LogP contribution < -0.4 is 9.47 Å². The van der Waals surface area contributed by atoms with Crippen LogP contribution in [0.2, 0.25) is 0 Å². The number of nitrogens with zero attached hydrogens (tertiary/aromatic N) is 4. The Kier molecular flexibility index (Phi) is 7.02. The summed E-state index contributed by atoms with van der Waals surface area (Å²) in [5.41, 5.74) is 1.29. The molecule has 0 radical (unpaired) electrons. The van der Waals surface area contributed by atoms with Crippen LogP contribution in [0.1, 0.15) is 69.3 Å². The van der Waals surface area contributed by atoms with E-state index in [1.165, 1.54) is 37.7 Å². The largest absolute Gasteiger partial charge is 0.497 e. The Hall–Kier alpha value is -1.86. The van der Waals surface area contributed by atoms with E-state index in [0.29, 0.717) is 12.0 Å². The third-order valence-corrected chi connectivity index (χ3v) is 7.03. The van der Waals surface area contributed by atoms with Gasteiger partial charge in [-0.05, 0) is 74.4 Å². The lowest BCUT2D eigenvalue weighted by Gasteiger charge is -2.31. The molecule has 0 unspecified atom stereocenters. The van der Waals surface area contributed by atoms with E-state index in [4.69, 9.17) is 26.8 Å². The average molecular weight is 445 g/mol. The summed E-state index contributed by atoms with van der Waals surface area (Å²) in [4.78, 5) is 2.51. The second kappa shape index (κ2) is 9.74. The monoisotopic (exact) mass is 444 g/mol. The van der Waals surface area contributed by atoms with E-state index < -0.39 is 0 Å². The van der Waals surface area contributed by atoms with Crippen LogP contribution in [0.5, 0.6) is 11.5 Å². The molecule has 0 atom stereocenters. The molecular formula is C24H36N4O2S. The summed E-state index contributed by atoms with van der Waals surface area (Å²) in [5.74, 6) is 4.05. The lowest BCUT2D eigenvalue weighted by atomic mass is 9.90. The summed E-state index contributed by atoms with van der Waals surface area (Å²) in [7, 11) is 3.41. The maximum atomic E-state index is 5.79. The van der Waals surface area contributed by atoms with Crippen molar-refractivity contribution >= 4 is 12.2 Å². The van der Waals surface area contributed by atoms with Gasteiger partial charge in [0.25, 0.3) is 0 Å². The van der Waals surface area contributed by atoms with Crippen LogP contribution in [0.15, 0.2) is 18.2 Å². The summed E-state index contributed by atoms with van der Waals surface area (Å²) >= 11 is 5.79. The Bertz CT molecular complexity index is 917. The molecule has 31 heavy (non-hydrogen) atoms. The molecule has 1 saturated carbocycles. The first-order chi connectivity index (χ1) is 15.0. The van der Waals surface area contributed by atoms with Gasteiger partial charge in [-0.15, -0.1) is 0 Å². The van der Waals surface area contributed by atoms with Gasteiger partial charge in [-0.1, -0.05) is 13.8 Å². The number of hydrogen-bond donors (Lipinski definition) is 0.